The van der Waals surface area contributed by atoms with Crippen LogP contribution < -0.4 is 15.3 Å². The van der Waals surface area contributed by atoms with Gasteiger partial charge in [0.2, 0.25) is 0 Å². The fourth-order valence-corrected chi connectivity index (χ4v) is 3.81. The molecule has 0 spiro atoms. The van der Waals surface area contributed by atoms with Gasteiger partial charge in [0.25, 0.3) is 0 Å². The molecule has 28 heavy (non-hydrogen) atoms. The van der Waals surface area contributed by atoms with Crippen LogP contribution in [0.2, 0.25) is 0 Å². The molecule has 3 aromatic rings. The van der Waals surface area contributed by atoms with Crippen LogP contribution in [0.15, 0.2) is 51.7 Å². The third kappa shape index (κ3) is 3.68. The van der Waals surface area contributed by atoms with E-state index in [-0.39, 0.29) is 11.4 Å². The van der Waals surface area contributed by atoms with Crippen molar-refractivity contribution in [1.29, 1.82) is 0 Å². The number of hydrogen-bond acceptors (Lipinski definition) is 6. The Hall–Kier alpha value is -2.99. The van der Waals surface area contributed by atoms with Gasteiger partial charge in [0.05, 0.1) is 12.5 Å². The number of phenolic OH excluding ortho intramolecular Hbond substituents is 1. The molecule has 1 aliphatic heterocycles. The van der Waals surface area contributed by atoms with E-state index in [4.69, 9.17) is 9.15 Å². The standard InChI is InChI=1S/C22H24N2O4/c1-15-11-19(25)22-16(13-21(26)28-20(22)12-15)14-23-7-9-24(10-8-23)17-3-5-18(27-2)6-4-17/h3-6,11-13,25H,7-10,14H2,1-2H3. The van der Waals surface area contributed by atoms with E-state index in [1.165, 1.54) is 11.8 Å². The van der Waals surface area contributed by atoms with Gasteiger partial charge in [-0.25, -0.2) is 4.79 Å². The van der Waals surface area contributed by atoms with Crippen molar-refractivity contribution < 1.29 is 14.3 Å². The fourth-order valence-electron chi connectivity index (χ4n) is 3.81. The second-order valence-corrected chi connectivity index (χ2v) is 7.21. The minimum atomic E-state index is -0.385. The summed E-state index contributed by atoms with van der Waals surface area (Å²) in [5.41, 5.74) is 2.90. The maximum Gasteiger partial charge on any atom is 0.336 e. The van der Waals surface area contributed by atoms with Crippen LogP contribution in [0.3, 0.4) is 0 Å². The lowest BCUT2D eigenvalue weighted by molar-refractivity contribution is 0.250. The molecule has 2 aromatic carbocycles. The topological polar surface area (TPSA) is 66.2 Å². The number of piperazine rings is 1. The summed E-state index contributed by atoms with van der Waals surface area (Å²) in [5, 5.41) is 11.0. The van der Waals surface area contributed by atoms with Gasteiger partial charge in [0.15, 0.2) is 0 Å². The van der Waals surface area contributed by atoms with E-state index in [2.05, 4.69) is 21.9 Å². The van der Waals surface area contributed by atoms with Crippen molar-refractivity contribution in [2.24, 2.45) is 0 Å². The summed E-state index contributed by atoms with van der Waals surface area (Å²) >= 11 is 0. The number of rotatable bonds is 4. The molecule has 4 rings (SSSR count). The first-order valence-electron chi connectivity index (χ1n) is 9.41. The van der Waals surface area contributed by atoms with Gasteiger partial charge in [-0.1, -0.05) is 0 Å². The summed E-state index contributed by atoms with van der Waals surface area (Å²) in [7, 11) is 1.67. The number of nitrogens with zero attached hydrogens (tertiary/aromatic N) is 2. The Bertz CT molecular complexity index is 1030. The van der Waals surface area contributed by atoms with Gasteiger partial charge in [0.1, 0.15) is 17.1 Å². The summed E-state index contributed by atoms with van der Waals surface area (Å²) in [4.78, 5) is 16.6. The molecular formula is C22H24N2O4. The van der Waals surface area contributed by atoms with Gasteiger partial charge in [-0.15, -0.1) is 0 Å². The summed E-state index contributed by atoms with van der Waals surface area (Å²) in [6.45, 7) is 6.02. The Balaban J connectivity index is 1.50. The highest BCUT2D eigenvalue weighted by molar-refractivity contribution is 5.87. The summed E-state index contributed by atoms with van der Waals surface area (Å²) in [5.74, 6) is 1.01. The largest absolute Gasteiger partial charge is 0.507 e. The summed E-state index contributed by atoms with van der Waals surface area (Å²) < 4.78 is 10.5. The average molecular weight is 380 g/mol. The van der Waals surface area contributed by atoms with Crippen LogP contribution in [0, 0.1) is 6.92 Å². The Labute approximate surface area is 163 Å². The first kappa shape index (κ1) is 18.4. The molecule has 6 heteroatoms. The van der Waals surface area contributed by atoms with Crippen LogP contribution in [-0.4, -0.2) is 43.3 Å². The van der Waals surface area contributed by atoms with Gasteiger partial charge < -0.3 is 19.2 Å². The zero-order valence-electron chi connectivity index (χ0n) is 16.1. The molecule has 0 radical (unpaired) electrons. The molecule has 0 atom stereocenters. The van der Waals surface area contributed by atoms with Crippen LogP contribution in [0.5, 0.6) is 11.5 Å². The van der Waals surface area contributed by atoms with Crippen molar-refractivity contribution in [3.05, 3.63) is 64.0 Å². The Kier molecular flexibility index (Phi) is 4.96. The number of phenols is 1. The van der Waals surface area contributed by atoms with Crippen LogP contribution in [0.1, 0.15) is 11.1 Å². The summed E-state index contributed by atoms with van der Waals surface area (Å²) in [6, 6.07) is 13.1. The minimum absolute atomic E-state index is 0.158. The molecule has 0 saturated carbocycles. The molecule has 1 saturated heterocycles. The Morgan fingerprint density at radius 3 is 2.46 bits per heavy atom. The van der Waals surface area contributed by atoms with Gasteiger partial charge in [-0.05, 0) is 54.4 Å². The number of ether oxygens (including phenoxy) is 1. The van der Waals surface area contributed by atoms with E-state index in [0.717, 1.165) is 43.1 Å². The lowest BCUT2D eigenvalue weighted by atomic mass is 10.1. The minimum Gasteiger partial charge on any atom is -0.507 e. The van der Waals surface area contributed by atoms with Crippen LogP contribution >= 0.6 is 0 Å². The van der Waals surface area contributed by atoms with Gasteiger partial charge in [-0.2, -0.15) is 0 Å². The van der Waals surface area contributed by atoms with E-state index < -0.39 is 0 Å². The molecule has 0 bridgehead atoms. The molecule has 0 aliphatic carbocycles. The van der Waals surface area contributed by atoms with Crippen LogP contribution in [0.25, 0.3) is 11.0 Å². The normalized spacial score (nSPS) is 15.1. The quantitative estimate of drug-likeness (QED) is 0.702. The summed E-state index contributed by atoms with van der Waals surface area (Å²) in [6.07, 6.45) is 0. The third-order valence-electron chi connectivity index (χ3n) is 5.25. The zero-order chi connectivity index (χ0) is 19.7. The molecule has 1 N–H and O–H groups in total. The lowest BCUT2D eigenvalue weighted by Crippen LogP contribution is -2.46. The molecule has 1 fully saturated rings. The molecule has 2 heterocycles. The van der Waals surface area contributed by atoms with Crippen molar-refractivity contribution in [1.82, 2.24) is 4.90 Å². The third-order valence-corrected chi connectivity index (χ3v) is 5.25. The van der Waals surface area contributed by atoms with Gasteiger partial charge >= 0.3 is 5.63 Å². The maximum absolute atomic E-state index is 12.0. The van der Waals surface area contributed by atoms with Crippen molar-refractivity contribution in [2.75, 3.05) is 38.2 Å². The monoisotopic (exact) mass is 380 g/mol. The highest BCUT2D eigenvalue weighted by Crippen LogP contribution is 2.30. The van der Waals surface area contributed by atoms with Gasteiger partial charge in [-0.3, -0.25) is 4.90 Å². The first-order valence-corrected chi connectivity index (χ1v) is 9.41. The second kappa shape index (κ2) is 7.56. The van der Waals surface area contributed by atoms with E-state index in [9.17, 15) is 9.90 Å². The molecule has 0 unspecified atom stereocenters. The number of hydrogen-bond donors (Lipinski definition) is 1. The van der Waals surface area contributed by atoms with Crippen LogP contribution in [-0.2, 0) is 6.54 Å². The molecule has 146 valence electrons. The number of fused-ring (bicyclic) bond motifs is 1. The van der Waals surface area contributed by atoms with Crippen molar-refractivity contribution in [3.63, 3.8) is 0 Å². The van der Waals surface area contributed by atoms with Crippen molar-refractivity contribution >= 4 is 16.7 Å². The van der Waals surface area contributed by atoms with E-state index in [1.807, 2.05) is 19.1 Å². The maximum atomic E-state index is 12.0. The molecule has 1 aliphatic rings. The van der Waals surface area contributed by atoms with E-state index >= 15 is 0 Å². The first-order chi connectivity index (χ1) is 13.5. The fraction of sp³-hybridized carbons (Fsp3) is 0.318. The van der Waals surface area contributed by atoms with E-state index in [0.29, 0.717) is 17.5 Å². The smallest absolute Gasteiger partial charge is 0.336 e. The predicted molar refractivity (Wildman–Crippen MR) is 109 cm³/mol. The zero-order valence-corrected chi connectivity index (χ0v) is 16.1. The van der Waals surface area contributed by atoms with Gasteiger partial charge in [0, 0.05) is 44.5 Å². The lowest BCUT2D eigenvalue weighted by Gasteiger charge is -2.36. The highest BCUT2D eigenvalue weighted by atomic mass is 16.5. The number of aromatic hydroxyl groups is 1. The Morgan fingerprint density at radius 2 is 1.79 bits per heavy atom. The van der Waals surface area contributed by atoms with Crippen molar-refractivity contribution in [2.45, 2.75) is 13.5 Å². The SMILES string of the molecule is COc1ccc(N2CCN(Cc3cc(=O)oc4cc(C)cc(O)c34)CC2)cc1. The molecule has 6 nitrogen and oxygen atoms in total. The molecular weight excluding hydrogens is 356 g/mol. The van der Waals surface area contributed by atoms with Crippen molar-refractivity contribution in [3.8, 4) is 11.5 Å². The number of anilines is 1. The second-order valence-electron chi connectivity index (χ2n) is 7.21. The molecule has 1 aromatic heterocycles. The number of aryl methyl sites for hydroxylation is 1. The molecule has 0 amide bonds. The number of benzene rings is 2. The van der Waals surface area contributed by atoms with Crippen LogP contribution in [0.4, 0.5) is 5.69 Å². The number of methoxy groups -OCH3 is 1. The Morgan fingerprint density at radius 1 is 1.07 bits per heavy atom. The predicted octanol–water partition coefficient (Wildman–Crippen LogP) is 3.14. The van der Waals surface area contributed by atoms with E-state index in [1.54, 1.807) is 19.2 Å². The average Bonchev–Trinajstić information content (AvgIpc) is 2.68. The highest BCUT2D eigenvalue weighted by Gasteiger charge is 2.20.